The number of phenolic OH excluding ortho intramolecular Hbond substituents is 1. The monoisotopic (exact) mass is 454 g/mol. The van der Waals surface area contributed by atoms with Crippen LogP contribution in [0, 0.1) is 11.6 Å². The van der Waals surface area contributed by atoms with Gasteiger partial charge in [0.05, 0.1) is 29.8 Å². The van der Waals surface area contributed by atoms with Gasteiger partial charge in [-0.05, 0) is 25.3 Å². The lowest BCUT2D eigenvalue weighted by molar-refractivity contribution is -0.140. The van der Waals surface area contributed by atoms with Crippen molar-refractivity contribution in [3.63, 3.8) is 0 Å². The van der Waals surface area contributed by atoms with Gasteiger partial charge in [0.25, 0.3) is 0 Å². The number of aromatic nitrogens is 3. The van der Waals surface area contributed by atoms with E-state index in [1.807, 2.05) is 0 Å². The summed E-state index contributed by atoms with van der Waals surface area (Å²) in [6.45, 7) is 1.81. The molecule has 1 saturated carbocycles. The number of hydrogen-bond acceptors (Lipinski definition) is 5. The lowest BCUT2D eigenvalue weighted by Crippen LogP contribution is -2.61. The highest BCUT2D eigenvalue weighted by molar-refractivity contribution is 5.94. The van der Waals surface area contributed by atoms with E-state index in [2.05, 4.69) is 15.0 Å². The number of rotatable bonds is 2. The summed E-state index contributed by atoms with van der Waals surface area (Å²) in [5, 5.41) is 14.1. The van der Waals surface area contributed by atoms with Crippen LogP contribution < -0.4 is 4.90 Å². The highest BCUT2D eigenvalue weighted by atomic mass is 19.4. The Morgan fingerprint density at radius 3 is 2.56 bits per heavy atom. The second-order valence-electron chi connectivity index (χ2n) is 8.26. The molecule has 0 bridgehead atoms. The topological polar surface area (TPSA) is 63.4 Å². The maximum absolute atomic E-state index is 14.6. The van der Waals surface area contributed by atoms with E-state index >= 15 is 0 Å². The van der Waals surface area contributed by atoms with E-state index in [0.29, 0.717) is 37.2 Å². The summed E-state index contributed by atoms with van der Waals surface area (Å²) >= 11 is 0. The second-order valence-corrected chi connectivity index (χ2v) is 8.26. The highest BCUT2D eigenvalue weighted by Gasteiger charge is 2.45. The maximum atomic E-state index is 14.6. The van der Waals surface area contributed by atoms with E-state index in [1.54, 1.807) is 13.1 Å². The average molecular weight is 454 g/mol. The first-order chi connectivity index (χ1) is 15.1. The third-order valence-corrected chi connectivity index (χ3v) is 6.42. The molecular formula is C21H19F5N4O2. The third-order valence-electron chi connectivity index (χ3n) is 6.42. The van der Waals surface area contributed by atoms with Crippen LogP contribution in [0.25, 0.3) is 22.2 Å². The van der Waals surface area contributed by atoms with E-state index < -0.39 is 34.7 Å². The number of aryl methyl sites for hydroxylation is 1. The first-order valence-corrected chi connectivity index (χ1v) is 10.1. The summed E-state index contributed by atoms with van der Waals surface area (Å²) in [5.41, 5.74) is -2.19. The van der Waals surface area contributed by atoms with E-state index in [4.69, 9.17) is 4.74 Å². The zero-order valence-corrected chi connectivity index (χ0v) is 17.0. The molecular weight excluding hydrogens is 435 g/mol. The lowest BCUT2D eigenvalue weighted by Gasteiger charge is -2.53. The number of ether oxygens (including phenoxy) is 1. The molecule has 11 heteroatoms. The molecule has 2 fully saturated rings. The van der Waals surface area contributed by atoms with Gasteiger partial charge in [0, 0.05) is 36.8 Å². The van der Waals surface area contributed by atoms with Gasteiger partial charge in [0.1, 0.15) is 11.5 Å². The minimum atomic E-state index is -5.12. The first kappa shape index (κ1) is 20.9. The van der Waals surface area contributed by atoms with Crippen LogP contribution in [-0.4, -0.2) is 45.2 Å². The van der Waals surface area contributed by atoms with Gasteiger partial charge < -0.3 is 14.7 Å². The van der Waals surface area contributed by atoms with E-state index in [-0.39, 0.29) is 16.6 Å². The van der Waals surface area contributed by atoms with Crippen molar-refractivity contribution in [3.8, 4) is 17.0 Å². The van der Waals surface area contributed by atoms with Crippen molar-refractivity contribution in [2.24, 2.45) is 7.05 Å². The van der Waals surface area contributed by atoms with Crippen LogP contribution in [0.2, 0.25) is 0 Å². The number of nitrogens with zero attached hydrogens (tertiary/aromatic N) is 4. The zero-order chi connectivity index (χ0) is 22.8. The molecule has 32 heavy (non-hydrogen) atoms. The first-order valence-electron chi connectivity index (χ1n) is 10.1. The summed E-state index contributed by atoms with van der Waals surface area (Å²) in [7, 11) is 1.57. The normalized spacial score (nSPS) is 18.4. The Morgan fingerprint density at radius 1 is 1.16 bits per heavy atom. The quantitative estimate of drug-likeness (QED) is 0.582. The fraction of sp³-hybridized carbons (Fsp3) is 0.429. The Bertz CT molecular complexity index is 1220. The van der Waals surface area contributed by atoms with E-state index in [9.17, 15) is 27.1 Å². The van der Waals surface area contributed by atoms with Crippen molar-refractivity contribution in [2.75, 3.05) is 24.7 Å². The van der Waals surface area contributed by atoms with Gasteiger partial charge in [-0.15, -0.1) is 0 Å². The number of pyridine rings is 1. The molecule has 6 nitrogen and oxygen atoms in total. The van der Waals surface area contributed by atoms with Gasteiger partial charge in [0.15, 0.2) is 17.4 Å². The number of morpholine rings is 1. The van der Waals surface area contributed by atoms with Gasteiger partial charge in [-0.3, -0.25) is 4.68 Å². The smallest absolute Gasteiger partial charge is 0.419 e. The minimum Gasteiger partial charge on any atom is -0.503 e. The molecule has 1 saturated heterocycles. The van der Waals surface area contributed by atoms with Crippen molar-refractivity contribution in [2.45, 2.75) is 31.0 Å². The molecule has 2 aliphatic rings. The number of alkyl halides is 3. The minimum absolute atomic E-state index is 0.114. The largest absolute Gasteiger partial charge is 0.503 e. The predicted molar refractivity (Wildman–Crippen MR) is 105 cm³/mol. The fourth-order valence-corrected chi connectivity index (χ4v) is 4.58. The van der Waals surface area contributed by atoms with Gasteiger partial charge in [-0.1, -0.05) is 0 Å². The number of hydrogen-bond donors (Lipinski definition) is 1. The SMILES string of the molecule is Cn1nc(-c2cc(C(F)(F)F)c(F)c(O)c2F)c2cnc(N3CCOCC34CCC4)cc21. The van der Waals surface area contributed by atoms with Crippen LogP contribution >= 0.6 is 0 Å². The molecule has 1 aliphatic carbocycles. The van der Waals surface area contributed by atoms with Crippen LogP contribution in [0.1, 0.15) is 24.8 Å². The van der Waals surface area contributed by atoms with E-state index in [1.165, 1.54) is 10.9 Å². The summed E-state index contributed by atoms with van der Waals surface area (Å²) in [6, 6.07) is 2.08. The van der Waals surface area contributed by atoms with Gasteiger partial charge >= 0.3 is 6.18 Å². The summed E-state index contributed by atoms with van der Waals surface area (Å²) in [6.07, 6.45) is -0.657. The van der Waals surface area contributed by atoms with Crippen LogP contribution in [0.3, 0.4) is 0 Å². The van der Waals surface area contributed by atoms with Crippen molar-refractivity contribution in [3.05, 3.63) is 35.5 Å². The van der Waals surface area contributed by atoms with Crippen LogP contribution in [0.5, 0.6) is 5.75 Å². The number of fused-ring (bicyclic) bond motifs is 1. The Balaban J connectivity index is 1.64. The number of benzene rings is 1. The van der Waals surface area contributed by atoms with Crippen molar-refractivity contribution in [1.29, 1.82) is 0 Å². The number of halogens is 5. The van der Waals surface area contributed by atoms with E-state index in [0.717, 1.165) is 19.3 Å². The Labute approximate surface area is 179 Å². The predicted octanol–water partition coefficient (Wildman–Crippen LogP) is 4.40. The molecule has 170 valence electrons. The summed E-state index contributed by atoms with van der Waals surface area (Å²) < 4.78 is 75.2. The Hall–Kier alpha value is -2.95. The Morgan fingerprint density at radius 2 is 1.91 bits per heavy atom. The number of aromatic hydroxyl groups is 1. The molecule has 3 aromatic rings. The molecule has 1 N–H and O–H groups in total. The molecule has 0 atom stereocenters. The summed E-state index contributed by atoms with van der Waals surface area (Å²) in [4.78, 5) is 6.66. The van der Waals surface area contributed by atoms with Crippen LogP contribution in [0.15, 0.2) is 18.3 Å². The van der Waals surface area contributed by atoms with Gasteiger partial charge in [0.2, 0.25) is 0 Å². The van der Waals surface area contributed by atoms with Crippen molar-refractivity contribution >= 4 is 16.7 Å². The third kappa shape index (κ3) is 3.01. The zero-order valence-electron chi connectivity index (χ0n) is 17.0. The molecule has 3 heterocycles. The van der Waals surface area contributed by atoms with Gasteiger partial charge in [-0.2, -0.15) is 18.3 Å². The molecule has 1 spiro atoms. The van der Waals surface area contributed by atoms with Crippen LogP contribution in [-0.2, 0) is 18.0 Å². The molecule has 1 aromatic carbocycles. The fourth-order valence-electron chi connectivity index (χ4n) is 4.58. The molecule has 5 rings (SSSR count). The molecule has 1 aliphatic heterocycles. The maximum Gasteiger partial charge on any atom is 0.419 e. The van der Waals surface area contributed by atoms with Gasteiger partial charge in [-0.25, -0.2) is 13.8 Å². The number of phenols is 1. The molecule has 0 radical (unpaired) electrons. The second kappa shape index (κ2) is 7.03. The lowest BCUT2D eigenvalue weighted by atomic mass is 9.75. The summed E-state index contributed by atoms with van der Waals surface area (Å²) in [5.74, 6) is -4.59. The molecule has 2 aromatic heterocycles. The average Bonchev–Trinajstić information content (AvgIpc) is 3.06. The standard InChI is InChI=1S/C21H19F5N4O2/c1-29-14-8-15(30-5-6-32-10-20(30)3-2-4-20)27-9-12(14)18(28-29)11-7-13(21(24,25)26)17(23)19(31)16(11)22/h7-9,31H,2-6,10H2,1H3. The van der Waals surface area contributed by atoms with Crippen molar-refractivity contribution in [1.82, 2.24) is 14.8 Å². The number of anilines is 1. The highest BCUT2D eigenvalue weighted by Crippen LogP contribution is 2.44. The van der Waals surface area contributed by atoms with Crippen molar-refractivity contribution < 1.29 is 31.8 Å². The molecule has 0 unspecified atom stereocenters. The Kier molecular flexibility index (Phi) is 4.59. The molecule has 0 amide bonds. The van der Waals surface area contributed by atoms with Crippen LogP contribution in [0.4, 0.5) is 27.8 Å².